The van der Waals surface area contributed by atoms with Crippen molar-refractivity contribution in [2.75, 3.05) is 18.5 Å². The number of carbonyl (C=O) groups excluding carboxylic acids is 2. The van der Waals surface area contributed by atoms with Crippen molar-refractivity contribution in [1.82, 2.24) is 0 Å². The monoisotopic (exact) mass is 403 g/mol. The van der Waals surface area contributed by atoms with Gasteiger partial charge in [-0.1, -0.05) is 23.7 Å². The predicted molar refractivity (Wildman–Crippen MR) is 106 cm³/mol. The van der Waals surface area contributed by atoms with Gasteiger partial charge in [-0.2, -0.15) is 0 Å². The third kappa shape index (κ3) is 4.75. The summed E-state index contributed by atoms with van der Waals surface area (Å²) in [5, 5.41) is 3.32. The minimum Gasteiger partial charge on any atom is -0.492 e. The van der Waals surface area contributed by atoms with Gasteiger partial charge in [0.2, 0.25) is 0 Å². The van der Waals surface area contributed by atoms with E-state index in [4.69, 9.17) is 25.8 Å². The molecular weight excluding hydrogens is 382 g/mol. The lowest BCUT2D eigenvalue weighted by atomic mass is 9.97. The van der Waals surface area contributed by atoms with Crippen molar-refractivity contribution < 1.29 is 23.8 Å². The number of rotatable bonds is 6. The van der Waals surface area contributed by atoms with Gasteiger partial charge in [0.05, 0.1) is 18.2 Å². The third-order valence-corrected chi connectivity index (χ3v) is 4.60. The van der Waals surface area contributed by atoms with Crippen LogP contribution < -0.4 is 14.8 Å². The Morgan fingerprint density at radius 3 is 2.86 bits per heavy atom. The maximum atomic E-state index is 12.5. The van der Waals surface area contributed by atoms with Gasteiger partial charge in [-0.3, -0.25) is 9.59 Å². The number of hydrogen-bond donors (Lipinski definition) is 1. The highest BCUT2D eigenvalue weighted by Gasteiger charge is 2.30. The van der Waals surface area contributed by atoms with Gasteiger partial charge in [-0.05, 0) is 56.2 Å². The molecule has 3 rings (SSSR count). The number of para-hydroxylation sites is 2. The Kier molecular flexibility index (Phi) is 6.41. The Balaban J connectivity index is 1.59. The molecule has 1 aliphatic rings. The number of fused-ring (bicyclic) bond motifs is 1. The Bertz CT molecular complexity index is 870. The van der Waals surface area contributed by atoms with Gasteiger partial charge >= 0.3 is 5.97 Å². The Hall–Kier alpha value is -2.73. The van der Waals surface area contributed by atoms with Gasteiger partial charge < -0.3 is 19.5 Å². The maximum Gasteiger partial charge on any atom is 0.313 e. The summed E-state index contributed by atoms with van der Waals surface area (Å²) in [6.45, 7) is 4.07. The summed E-state index contributed by atoms with van der Waals surface area (Å²) in [6.07, 6.45) is -0.501. The fourth-order valence-corrected chi connectivity index (χ4v) is 3.12. The first kappa shape index (κ1) is 20.0. The fourth-order valence-electron chi connectivity index (χ4n) is 2.92. The molecule has 7 heteroatoms. The van der Waals surface area contributed by atoms with E-state index in [1.54, 1.807) is 36.4 Å². The lowest BCUT2D eigenvalue weighted by molar-refractivity contribution is -0.158. The molecule has 1 N–H and O–H groups in total. The Morgan fingerprint density at radius 2 is 2.07 bits per heavy atom. The first-order chi connectivity index (χ1) is 13.5. The van der Waals surface area contributed by atoms with Gasteiger partial charge in [0.1, 0.15) is 18.1 Å². The van der Waals surface area contributed by atoms with E-state index in [0.29, 0.717) is 35.2 Å². The minimum atomic E-state index is -0.956. The highest BCUT2D eigenvalue weighted by Crippen LogP contribution is 2.30. The summed E-state index contributed by atoms with van der Waals surface area (Å²) in [4.78, 5) is 24.9. The molecule has 0 bridgehead atoms. The molecule has 2 atom stereocenters. The normalized spacial score (nSPS) is 16.3. The van der Waals surface area contributed by atoms with Crippen LogP contribution >= 0.6 is 11.6 Å². The molecule has 2 aromatic rings. The zero-order valence-electron chi connectivity index (χ0n) is 15.7. The van der Waals surface area contributed by atoms with Crippen LogP contribution in [0.1, 0.15) is 19.4 Å². The third-order valence-electron chi connectivity index (χ3n) is 4.37. The van der Waals surface area contributed by atoms with Crippen LogP contribution in [-0.2, 0) is 20.7 Å². The van der Waals surface area contributed by atoms with Crippen LogP contribution in [0.15, 0.2) is 42.5 Å². The summed E-state index contributed by atoms with van der Waals surface area (Å²) in [6, 6.07) is 12.4. The summed E-state index contributed by atoms with van der Waals surface area (Å²) >= 11 is 6.01. The molecule has 0 saturated heterocycles. The first-order valence-electron chi connectivity index (χ1n) is 9.12. The van der Waals surface area contributed by atoms with Gasteiger partial charge in [0.25, 0.3) is 5.91 Å². The van der Waals surface area contributed by atoms with Crippen molar-refractivity contribution in [1.29, 1.82) is 0 Å². The van der Waals surface area contributed by atoms with Crippen molar-refractivity contribution in [3.8, 4) is 11.5 Å². The molecule has 0 radical (unpaired) electrons. The quantitative estimate of drug-likeness (QED) is 0.741. The molecule has 0 aromatic heterocycles. The molecule has 1 heterocycles. The standard InChI is InChI=1S/C21H22ClNO5/c1-3-26-19-7-5-4-6-17(19)23-20(24)13(2)28-21(25)15-10-14-11-16(22)8-9-18(14)27-12-15/h4-9,11,13,15H,3,10,12H2,1-2H3,(H,23,24)/t13-,15-/m1/s1. The van der Waals surface area contributed by atoms with E-state index < -0.39 is 23.9 Å². The van der Waals surface area contributed by atoms with Gasteiger partial charge in [-0.25, -0.2) is 0 Å². The van der Waals surface area contributed by atoms with Crippen molar-refractivity contribution in [3.63, 3.8) is 0 Å². The van der Waals surface area contributed by atoms with E-state index in [-0.39, 0.29) is 6.61 Å². The fraction of sp³-hybridized carbons (Fsp3) is 0.333. The number of hydrogen-bond acceptors (Lipinski definition) is 5. The SMILES string of the molecule is CCOc1ccccc1NC(=O)[C@@H](C)OC(=O)[C@H]1COc2ccc(Cl)cc2C1. The molecule has 1 amide bonds. The number of carbonyl (C=O) groups is 2. The average Bonchev–Trinajstić information content (AvgIpc) is 2.68. The zero-order valence-corrected chi connectivity index (χ0v) is 16.5. The molecule has 28 heavy (non-hydrogen) atoms. The molecule has 6 nitrogen and oxygen atoms in total. The Labute approximate surface area is 168 Å². The van der Waals surface area contributed by atoms with Crippen molar-refractivity contribution in [3.05, 3.63) is 53.1 Å². The summed E-state index contributed by atoms with van der Waals surface area (Å²) in [5.74, 6) is -0.123. The zero-order chi connectivity index (χ0) is 20.1. The average molecular weight is 404 g/mol. The van der Waals surface area contributed by atoms with E-state index in [0.717, 1.165) is 5.56 Å². The van der Waals surface area contributed by atoms with Crippen molar-refractivity contribution in [2.24, 2.45) is 5.92 Å². The second-order valence-corrected chi connectivity index (χ2v) is 6.90. The summed E-state index contributed by atoms with van der Waals surface area (Å²) in [7, 11) is 0. The van der Waals surface area contributed by atoms with Crippen LogP contribution in [0.2, 0.25) is 5.02 Å². The first-order valence-corrected chi connectivity index (χ1v) is 9.50. The van der Waals surface area contributed by atoms with E-state index in [2.05, 4.69) is 5.32 Å². The molecule has 0 unspecified atom stereocenters. The van der Waals surface area contributed by atoms with Crippen LogP contribution in [0.4, 0.5) is 5.69 Å². The van der Waals surface area contributed by atoms with Crippen LogP contribution in [0.25, 0.3) is 0 Å². The van der Waals surface area contributed by atoms with E-state index >= 15 is 0 Å². The molecule has 1 aliphatic heterocycles. The number of nitrogens with one attached hydrogen (secondary N) is 1. The smallest absolute Gasteiger partial charge is 0.313 e. The van der Waals surface area contributed by atoms with Gasteiger partial charge in [0.15, 0.2) is 6.10 Å². The molecule has 2 aromatic carbocycles. The van der Waals surface area contributed by atoms with E-state index in [1.165, 1.54) is 6.92 Å². The number of halogens is 1. The second kappa shape index (κ2) is 8.97. The number of anilines is 1. The van der Waals surface area contributed by atoms with Crippen molar-refractivity contribution >= 4 is 29.2 Å². The maximum absolute atomic E-state index is 12.5. The Morgan fingerprint density at radius 1 is 1.29 bits per heavy atom. The van der Waals surface area contributed by atoms with Crippen LogP contribution in [0.5, 0.6) is 11.5 Å². The van der Waals surface area contributed by atoms with Crippen LogP contribution in [0, 0.1) is 5.92 Å². The topological polar surface area (TPSA) is 73.9 Å². The van der Waals surface area contributed by atoms with Gasteiger partial charge in [0, 0.05) is 5.02 Å². The lowest BCUT2D eigenvalue weighted by Crippen LogP contribution is -2.36. The molecular formula is C21H22ClNO5. The number of esters is 1. The second-order valence-electron chi connectivity index (χ2n) is 6.46. The van der Waals surface area contributed by atoms with E-state index in [1.807, 2.05) is 13.0 Å². The molecule has 0 fully saturated rings. The highest BCUT2D eigenvalue weighted by molar-refractivity contribution is 6.30. The predicted octanol–water partition coefficient (Wildman–Crippen LogP) is 3.86. The van der Waals surface area contributed by atoms with Crippen LogP contribution in [-0.4, -0.2) is 31.2 Å². The minimum absolute atomic E-state index is 0.203. The number of amides is 1. The highest BCUT2D eigenvalue weighted by atomic mass is 35.5. The molecule has 0 spiro atoms. The summed E-state index contributed by atoms with van der Waals surface area (Å²) < 4.78 is 16.5. The number of ether oxygens (including phenoxy) is 3. The van der Waals surface area contributed by atoms with Crippen LogP contribution in [0.3, 0.4) is 0 Å². The van der Waals surface area contributed by atoms with E-state index in [9.17, 15) is 9.59 Å². The molecule has 0 saturated carbocycles. The lowest BCUT2D eigenvalue weighted by Gasteiger charge is -2.25. The van der Waals surface area contributed by atoms with Gasteiger partial charge in [-0.15, -0.1) is 0 Å². The van der Waals surface area contributed by atoms with Crippen molar-refractivity contribution in [2.45, 2.75) is 26.4 Å². The number of benzene rings is 2. The molecule has 0 aliphatic carbocycles. The summed E-state index contributed by atoms with van der Waals surface area (Å²) in [5.41, 5.74) is 1.38. The largest absolute Gasteiger partial charge is 0.492 e. The molecule has 148 valence electrons.